The van der Waals surface area contributed by atoms with E-state index in [9.17, 15) is 0 Å². The fourth-order valence-electron chi connectivity index (χ4n) is 2.28. The van der Waals surface area contributed by atoms with E-state index in [0.717, 1.165) is 31.0 Å². The van der Waals surface area contributed by atoms with Gasteiger partial charge in [-0.2, -0.15) is 0 Å². The Morgan fingerprint density at radius 2 is 1.90 bits per heavy atom. The van der Waals surface area contributed by atoms with Crippen LogP contribution >= 0.6 is 11.3 Å². The zero-order valence-corrected chi connectivity index (χ0v) is 14.2. The lowest BCUT2D eigenvalue weighted by Crippen LogP contribution is -2.24. The molecule has 2 rings (SSSR count). The molecule has 3 nitrogen and oxygen atoms in total. The third-order valence-corrected chi connectivity index (χ3v) is 4.31. The molecule has 0 radical (unpaired) electrons. The van der Waals surface area contributed by atoms with E-state index < -0.39 is 0 Å². The fourth-order valence-corrected chi connectivity index (χ4v) is 3.01. The van der Waals surface area contributed by atoms with Crippen molar-refractivity contribution in [1.82, 2.24) is 9.88 Å². The molecule has 0 spiro atoms. The molecule has 0 N–H and O–H groups in total. The van der Waals surface area contributed by atoms with Gasteiger partial charge in [-0.3, -0.25) is 4.90 Å². The number of aryl methyl sites for hydroxylation is 3. The standard InChI is InChI=1S/C17H24N2OS/c1-5-17-18-15(12-21-17)11-19(4)6-7-20-16-9-13(2)8-14(3)10-16/h8-10,12H,5-7,11H2,1-4H3. The van der Waals surface area contributed by atoms with Crippen molar-refractivity contribution in [3.8, 4) is 5.75 Å². The molecule has 1 aromatic carbocycles. The van der Waals surface area contributed by atoms with Gasteiger partial charge in [-0.15, -0.1) is 11.3 Å². The van der Waals surface area contributed by atoms with Gasteiger partial charge in [-0.25, -0.2) is 4.98 Å². The van der Waals surface area contributed by atoms with Crippen LogP contribution in [0.15, 0.2) is 23.6 Å². The maximum absolute atomic E-state index is 5.84. The summed E-state index contributed by atoms with van der Waals surface area (Å²) in [6.45, 7) is 8.81. The topological polar surface area (TPSA) is 25.4 Å². The summed E-state index contributed by atoms with van der Waals surface area (Å²) in [7, 11) is 2.11. The van der Waals surface area contributed by atoms with Crippen LogP contribution in [-0.2, 0) is 13.0 Å². The maximum Gasteiger partial charge on any atom is 0.119 e. The summed E-state index contributed by atoms with van der Waals surface area (Å²) < 4.78 is 5.84. The Hall–Kier alpha value is -1.39. The lowest BCUT2D eigenvalue weighted by Gasteiger charge is -2.16. The summed E-state index contributed by atoms with van der Waals surface area (Å²) in [4.78, 5) is 6.84. The van der Waals surface area contributed by atoms with Crippen LogP contribution in [0.3, 0.4) is 0 Å². The lowest BCUT2D eigenvalue weighted by atomic mass is 10.1. The number of thiazole rings is 1. The predicted octanol–water partition coefficient (Wildman–Crippen LogP) is 3.83. The Morgan fingerprint density at radius 3 is 2.52 bits per heavy atom. The Morgan fingerprint density at radius 1 is 1.19 bits per heavy atom. The first-order valence-electron chi connectivity index (χ1n) is 7.39. The Kier molecular flexibility index (Phi) is 5.76. The molecule has 21 heavy (non-hydrogen) atoms. The van der Waals surface area contributed by atoms with Crippen LogP contribution in [0.2, 0.25) is 0 Å². The van der Waals surface area contributed by atoms with Crippen molar-refractivity contribution < 1.29 is 4.74 Å². The summed E-state index contributed by atoms with van der Waals surface area (Å²) in [6.07, 6.45) is 1.02. The quantitative estimate of drug-likeness (QED) is 0.777. The van der Waals surface area contributed by atoms with E-state index in [1.54, 1.807) is 11.3 Å². The average molecular weight is 304 g/mol. The first-order chi connectivity index (χ1) is 10.1. The second-order valence-electron chi connectivity index (χ2n) is 5.50. The SMILES string of the molecule is CCc1nc(CN(C)CCOc2cc(C)cc(C)c2)cs1. The minimum absolute atomic E-state index is 0.699. The van der Waals surface area contributed by atoms with Crippen LogP contribution in [0.4, 0.5) is 0 Å². The smallest absolute Gasteiger partial charge is 0.119 e. The molecular formula is C17H24N2OS. The normalized spacial score (nSPS) is 11.1. The molecule has 0 aliphatic carbocycles. The molecular weight excluding hydrogens is 280 g/mol. The van der Waals surface area contributed by atoms with Crippen molar-refractivity contribution in [2.75, 3.05) is 20.2 Å². The zero-order valence-electron chi connectivity index (χ0n) is 13.3. The molecule has 0 saturated heterocycles. The van der Waals surface area contributed by atoms with Gasteiger partial charge >= 0.3 is 0 Å². The van der Waals surface area contributed by atoms with Crippen molar-refractivity contribution in [1.29, 1.82) is 0 Å². The zero-order chi connectivity index (χ0) is 15.2. The van der Waals surface area contributed by atoms with E-state index in [0.29, 0.717) is 6.61 Å². The van der Waals surface area contributed by atoms with Crippen LogP contribution < -0.4 is 4.74 Å². The van der Waals surface area contributed by atoms with Gasteiger partial charge in [0.05, 0.1) is 10.7 Å². The average Bonchev–Trinajstić information content (AvgIpc) is 2.85. The maximum atomic E-state index is 5.84. The van der Waals surface area contributed by atoms with E-state index in [4.69, 9.17) is 4.74 Å². The fraction of sp³-hybridized carbons (Fsp3) is 0.471. The van der Waals surface area contributed by atoms with Crippen LogP contribution in [0.25, 0.3) is 0 Å². The molecule has 0 aliphatic rings. The molecule has 1 heterocycles. The molecule has 4 heteroatoms. The molecule has 0 atom stereocenters. The van der Waals surface area contributed by atoms with Crippen LogP contribution in [-0.4, -0.2) is 30.1 Å². The lowest BCUT2D eigenvalue weighted by molar-refractivity contribution is 0.231. The largest absolute Gasteiger partial charge is 0.492 e. The molecule has 1 aromatic heterocycles. The Labute approximate surface area is 131 Å². The number of nitrogens with zero attached hydrogens (tertiary/aromatic N) is 2. The monoisotopic (exact) mass is 304 g/mol. The number of benzene rings is 1. The van der Waals surface area contributed by atoms with Crippen LogP contribution in [0.5, 0.6) is 5.75 Å². The Bertz CT molecular complexity index is 560. The van der Waals surface area contributed by atoms with Gasteiger partial charge in [0.1, 0.15) is 12.4 Å². The van der Waals surface area contributed by atoms with Crippen molar-refractivity contribution in [2.45, 2.75) is 33.7 Å². The van der Waals surface area contributed by atoms with Crippen molar-refractivity contribution in [3.05, 3.63) is 45.4 Å². The predicted molar refractivity (Wildman–Crippen MR) is 89.2 cm³/mol. The molecule has 0 unspecified atom stereocenters. The Balaban J connectivity index is 1.77. The number of hydrogen-bond acceptors (Lipinski definition) is 4. The summed E-state index contributed by atoms with van der Waals surface area (Å²) in [5, 5.41) is 3.37. The number of aromatic nitrogens is 1. The number of hydrogen-bond donors (Lipinski definition) is 0. The van der Waals surface area contributed by atoms with E-state index in [1.165, 1.54) is 16.1 Å². The van der Waals surface area contributed by atoms with Gasteiger partial charge in [0.25, 0.3) is 0 Å². The van der Waals surface area contributed by atoms with E-state index in [-0.39, 0.29) is 0 Å². The van der Waals surface area contributed by atoms with Crippen LogP contribution in [0, 0.1) is 13.8 Å². The van der Waals surface area contributed by atoms with Crippen molar-refractivity contribution in [3.63, 3.8) is 0 Å². The minimum atomic E-state index is 0.699. The van der Waals surface area contributed by atoms with Gasteiger partial charge in [-0.05, 0) is 50.6 Å². The first kappa shape index (κ1) is 16.0. The number of likely N-dealkylation sites (N-methyl/N-ethyl adjacent to an activating group) is 1. The van der Waals surface area contributed by atoms with E-state index in [1.807, 2.05) is 0 Å². The summed E-state index contributed by atoms with van der Waals surface area (Å²) in [5.41, 5.74) is 3.64. The summed E-state index contributed by atoms with van der Waals surface area (Å²) in [6, 6.07) is 6.33. The highest BCUT2D eigenvalue weighted by atomic mass is 32.1. The third kappa shape index (κ3) is 5.14. The molecule has 0 saturated carbocycles. The van der Waals surface area contributed by atoms with E-state index >= 15 is 0 Å². The van der Waals surface area contributed by atoms with Crippen molar-refractivity contribution >= 4 is 11.3 Å². The second kappa shape index (κ2) is 7.57. The highest BCUT2D eigenvalue weighted by Crippen LogP contribution is 2.16. The first-order valence-corrected chi connectivity index (χ1v) is 8.27. The highest BCUT2D eigenvalue weighted by Gasteiger charge is 2.05. The van der Waals surface area contributed by atoms with Crippen molar-refractivity contribution in [2.24, 2.45) is 0 Å². The number of ether oxygens (including phenoxy) is 1. The molecule has 0 fully saturated rings. The molecule has 0 bridgehead atoms. The molecule has 114 valence electrons. The minimum Gasteiger partial charge on any atom is -0.492 e. The van der Waals surface area contributed by atoms with Gasteiger partial charge in [-0.1, -0.05) is 13.0 Å². The molecule has 0 amide bonds. The summed E-state index contributed by atoms with van der Waals surface area (Å²) >= 11 is 1.75. The highest BCUT2D eigenvalue weighted by molar-refractivity contribution is 7.09. The molecule has 2 aromatic rings. The molecule has 0 aliphatic heterocycles. The van der Waals surface area contributed by atoms with Gasteiger partial charge in [0.15, 0.2) is 0 Å². The van der Waals surface area contributed by atoms with Crippen LogP contribution in [0.1, 0.15) is 28.8 Å². The second-order valence-corrected chi connectivity index (χ2v) is 6.44. The van der Waals surface area contributed by atoms with Gasteiger partial charge in [0, 0.05) is 18.5 Å². The van der Waals surface area contributed by atoms with Gasteiger partial charge < -0.3 is 4.74 Å². The van der Waals surface area contributed by atoms with E-state index in [2.05, 4.69) is 61.3 Å². The number of rotatable bonds is 7. The van der Waals surface area contributed by atoms with Gasteiger partial charge in [0.2, 0.25) is 0 Å². The summed E-state index contributed by atoms with van der Waals surface area (Å²) in [5.74, 6) is 0.961. The third-order valence-electron chi connectivity index (χ3n) is 3.27.